The number of hydrogen-bond acceptors (Lipinski definition) is 4. The van der Waals surface area contributed by atoms with Crippen LogP contribution >= 0.6 is 0 Å². The van der Waals surface area contributed by atoms with E-state index in [1.807, 2.05) is 6.07 Å². The highest BCUT2D eigenvalue weighted by Crippen LogP contribution is 2.14. The normalized spacial score (nSPS) is 13.1. The number of aliphatic hydroxyl groups excluding tert-OH is 1. The first kappa shape index (κ1) is 14.5. The number of anilines is 1. The molecular weight excluding hydrogens is 276 g/mol. The summed E-state index contributed by atoms with van der Waals surface area (Å²) >= 11 is 0. The van der Waals surface area contributed by atoms with Crippen LogP contribution in [0.15, 0.2) is 59.5 Å². The second kappa shape index (κ2) is 6.04. The number of rotatable bonds is 5. The number of hydrogen-bond donors (Lipinski definition) is 3. The molecule has 1 atom stereocenters. The van der Waals surface area contributed by atoms with Gasteiger partial charge in [0.15, 0.2) is 0 Å². The van der Waals surface area contributed by atoms with Gasteiger partial charge in [-0.25, -0.2) is 13.1 Å². The number of nitrogens with one attached hydrogen (secondary N) is 1. The Morgan fingerprint density at radius 3 is 2.25 bits per heavy atom. The molecule has 0 spiro atoms. The van der Waals surface area contributed by atoms with Crippen LogP contribution < -0.4 is 10.5 Å². The summed E-state index contributed by atoms with van der Waals surface area (Å²) in [5, 5.41) is 9.93. The van der Waals surface area contributed by atoms with Gasteiger partial charge in [-0.15, -0.1) is 0 Å². The van der Waals surface area contributed by atoms with Crippen molar-refractivity contribution in [1.29, 1.82) is 0 Å². The molecule has 0 aliphatic carbocycles. The van der Waals surface area contributed by atoms with Crippen molar-refractivity contribution in [2.24, 2.45) is 0 Å². The third-order valence-corrected chi connectivity index (χ3v) is 4.28. The third kappa shape index (κ3) is 3.57. The first-order chi connectivity index (χ1) is 9.49. The van der Waals surface area contributed by atoms with Crippen molar-refractivity contribution in [2.75, 3.05) is 12.3 Å². The summed E-state index contributed by atoms with van der Waals surface area (Å²) in [6.45, 7) is -0.0866. The molecule has 0 amide bonds. The second-order valence-corrected chi connectivity index (χ2v) is 6.11. The summed E-state index contributed by atoms with van der Waals surface area (Å²) in [4.78, 5) is 0.118. The Morgan fingerprint density at radius 2 is 1.65 bits per heavy atom. The summed E-state index contributed by atoms with van der Waals surface area (Å²) in [5.74, 6) is 0. The molecule has 0 bridgehead atoms. The van der Waals surface area contributed by atoms with Gasteiger partial charge >= 0.3 is 0 Å². The van der Waals surface area contributed by atoms with Crippen LogP contribution in [0.1, 0.15) is 11.7 Å². The van der Waals surface area contributed by atoms with Gasteiger partial charge in [-0.2, -0.15) is 0 Å². The molecule has 6 heteroatoms. The topological polar surface area (TPSA) is 92.4 Å². The second-order valence-electron chi connectivity index (χ2n) is 4.35. The SMILES string of the molecule is Nc1ccc(S(=O)(=O)NCC(O)c2ccccc2)cc1. The molecule has 0 aromatic heterocycles. The molecule has 106 valence electrons. The van der Waals surface area contributed by atoms with Crippen LogP contribution in [0.3, 0.4) is 0 Å². The monoisotopic (exact) mass is 292 g/mol. The Morgan fingerprint density at radius 1 is 1.05 bits per heavy atom. The average Bonchev–Trinajstić information content (AvgIpc) is 2.46. The lowest BCUT2D eigenvalue weighted by Crippen LogP contribution is -2.28. The molecule has 1 unspecified atom stereocenters. The first-order valence-electron chi connectivity index (χ1n) is 6.07. The number of nitrogen functional groups attached to an aromatic ring is 1. The van der Waals surface area contributed by atoms with Crippen LogP contribution in [-0.2, 0) is 10.0 Å². The quantitative estimate of drug-likeness (QED) is 0.724. The maximum atomic E-state index is 12.0. The lowest BCUT2D eigenvalue weighted by molar-refractivity contribution is 0.182. The molecule has 4 N–H and O–H groups in total. The van der Waals surface area contributed by atoms with Crippen molar-refractivity contribution in [2.45, 2.75) is 11.0 Å². The van der Waals surface area contributed by atoms with Crippen molar-refractivity contribution in [3.8, 4) is 0 Å². The van der Waals surface area contributed by atoms with Crippen molar-refractivity contribution in [1.82, 2.24) is 4.72 Å². The predicted octanol–water partition coefficient (Wildman–Crippen LogP) is 1.28. The third-order valence-electron chi connectivity index (χ3n) is 2.84. The Bertz CT molecular complexity index is 655. The summed E-state index contributed by atoms with van der Waals surface area (Å²) in [7, 11) is -3.65. The van der Waals surface area contributed by atoms with Crippen molar-refractivity contribution < 1.29 is 13.5 Å². The van der Waals surface area contributed by atoms with E-state index >= 15 is 0 Å². The lowest BCUT2D eigenvalue weighted by atomic mass is 10.1. The van der Waals surface area contributed by atoms with E-state index in [9.17, 15) is 13.5 Å². The van der Waals surface area contributed by atoms with Gasteiger partial charge in [-0.3, -0.25) is 0 Å². The van der Waals surface area contributed by atoms with Crippen molar-refractivity contribution in [3.63, 3.8) is 0 Å². The molecule has 0 saturated heterocycles. The summed E-state index contributed by atoms with van der Waals surface area (Å²) in [6.07, 6.45) is -0.889. The van der Waals surface area contributed by atoms with Gasteiger partial charge in [0, 0.05) is 12.2 Å². The highest BCUT2D eigenvalue weighted by molar-refractivity contribution is 7.89. The largest absolute Gasteiger partial charge is 0.399 e. The first-order valence-corrected chi connectivity index (χ1v) is 7.55. The number of benzene rings is 2. The van der Waals surface area contributed by atoms with Gasteiger partial charge < -0.3 is 10.8 Å². The molecule has 0 aliphatic heterocycles. The Hall–Kier alpha value is -1.89. The number of nitrogens with two attached hydrogens (primary N) is 1. The lowest BCUT2D eigenvalue weighted by Gasteiger charge is -2.12. The van der Waals surface area contributed by atoms with Gasteiger partial charge in [-0.1, -0.05) is 30.3 Å². The van der Waals surface area contributed by atoms with E-state index in [1.54, 1.807) is 24.3 Å². The molecule has 0 fully saturated rings. The predicted molar refractivity (Wildman–Crippen MR) is 77.4 cm³/mol. The van der Waals surface area contributed by atoms with Gasteiger partial charge in [0.25, 0.3) is 0 Å². The van der Waals surface area contributed by atoms with Gasteiger partial charge in [-0.05, 0) is 29.8 Å². The van der Waals surface area contributed by atoms with E-state index in [0.29, 0.717) is 11.3 Å². The van der Waals surface area contributed by atoms with Gasteiger partial charge in [0.2, 0.25) is 10.0 Å². The summed E-state index contributed by atoms with van der Waals surface area (Å²) in [6, 6.07) is 14.8. The molecule has 2 aromatic rings. The van der Waals surface area contributed by atoms with E-state index in [-0.39, 0.29) is 11.4 Å². The Labute approximate surface area is 118 Å². The fourth-order valence-corrected chi connectivity index (χ4v) is 2.75. The van der Waals surface area contributed by atoms with Crippen molar-refractivity contribution in [3.05, 3.63) is 60.2 Å². The molecule has 0 heterocycles. The molecule has 0 aliphatic rings. The van der Waals surface area contributed by atoms with Crippen molar-refractivity contribution >= 4 is 15.7 Å². The number of aliphatic hydroxyl groups is 1. The minimum absolute atomic E-state index is 0.0866. The molecule has 5 nitrogen and oxygen atoms in total. The molecule has 0 radical (unpaired) electrons. The van der Waals surface area contributed by atoms with E-state index < -0.39 is 16.1 Å². The molecule has 0 saturated carbocycles. The highest BCUT2D eigenvalue weighted by atomic mass is 32.2. The van der Waals surface area contributed by atoms with Crippen LogP contribution in [0.25, 0.3) is 0 Å². The fraction of sp³-hybridized carbons (Fsp3) is 0.143. The fourth-order valence-electron chi connectivity index (χ4n) is 1.71. The maximum Gasteiger partial charge on any atom is 0.240 e. The minimum Gasteiger partial charge on any atom is -0.399 e. The Balaban J connectivity index is 2.04. The van der Waals surface area contributed by atoms with Crippen LogP contribution in [-0.4, -0.2) is 20.1 Å². The smallest absolute Gasteiger partial charge is 0.240 e. The van der Waals surface area contributed by atoms with Crippen LogP contribution in [0, 0.1) is 0 Å². The zero-order valence-electron chi connectivity index (χ0n) is 10.7. The number of sulfonamides is 1. The van der Waals surface area contributed by atoms with E-state index in [0.717, 1.165) is 0 Å². The van der Waals surface area contributed by atoms with Crippen LogP contribution in [0.4, 0.5) is 5.69 Å². The van der Waals surface area contributed by atoms with Crippen LogP contribution in [0.2, 0.25) is 0 Å². The molecule has 20 heavy (non-hydrogen) atoms. The zero-order valence-corrected chi connectivity index (χ0v) is 11.5. The molecular formula is C14H16N2O3S. The maximum absolute atomic E-state index is 12.0. The zero-order chi connectivity index (χ0) is 14.6. The average molecular weight is 292 g/mol. The van der Waals surface area contributed by atoms with Gasteiger partial charge in [0.05, 0.1) is 11.0 Å². The van der Waals surface area contributed by atoms with Gasteiger partial charge in [0.1, 0.15) is 0 Å². The summed E-state index contributed by atoms with van der Waals surface area (Å²) < 4.78 is 26.4. The molecule has 2 rings (SSSR count). The summed E-state index contributed by atoms with van der Waals surface area (Å²) in [5.41, 5.74) is 6.67. The highest BCUT2D eigenvalue weighted by Gasteiger charge is 2.16. The van der Waals surface area contributed by atoms with Crippen LogP contribution in [0.5, 0.6) is 0 Å². The minimum atomic E-state index is -3.65. The van der Waals surface area contributed by atoms with E-state index in [1.165, 1.54) is 24.3 Å². The standard InChI is InChI=1S/C14H16N2O3S/c15-12-6-8-13(9-7-12)20(18,19)16-10-14(17)11-4-2-1-3-5-11/h1-9,14,16-17H,10,15H2. The van der Waals surface area contributed by atoms with E-state index in [2.05, 4.69) is 4.72 Å². The van der Waals surface area contributed by atoms with E-state index in [4.69, 9.17) is 5.73 Å². The Kier molecular flexibility index (Phi) is 4.39. The molecule has 2 aromatic carbocycles.